The minimum atomic E-state index is 0. The Morgan fingerprint density at radius 3 is 2.52 bits per heavy atom. The first-order valence-corrected chi connectivity index (χ1v) is 9.95. The summed E-state index contributed by atoms with van der Waals surface area (Å²) < 4.78 is 1.11. The van der Waals surface area contributed by atoms with Crippen LogP contribution in [0.4, 0.5) is 0 Å². The van der Waals surface area contributed by atoms with E-state index in [2.05, 4.69) is 76.1 Å². The minimum absolute atomic E-state index is 0. The van der Waals surface area contributed by atoms with Crippen molar-refractivity contribution in [2.75, 3.05) is 39.3 Å². The van der Waals surface area contributed by atoms with Gasteiger partial charge in [0.15, 0.2) is 5.96 Å². The molecule has 25 heavy (non-hydrogen) atoms. The van der Waals surface area contributed by atoms with Crippen molar-refractivity contribution in [3.05, 3.63) is 34.3 Å². The fourth-order valence-electron chi connectivity index (χ4n) is 3.20. The normalized spacial score (nSPS) is 17.7. The Balaban J connectivity index is 0.00000312. The molecule has 1 aliphatic rings. The van der Waals surface area contributed by atoms with E-state index in [1.54, 1.807) is 0 Å². The summed E-state index contributed by atoms with van der Waals surface area (Å²) in [6, 6.07) is 8.41. The highest BCUT2D eigenvalue weighted by Gasteiger charge is 2.25. The molecule has 0 aromatic heterocycles. The van der Waals surface area contributed by atoms with Crippen molar-refractivity contribution in [2.45, 2.75) is 33.7 Å². The molecule has 1 N–H and O–H groups in total. The van der Waals surface area contributed by atoms with E-state index < -0.39 is 0 Å². The van der Waals surface area contributed by atoms with Crippen LogP contribution in [0.2, 0.25) is 0 Å². The topological polar surface area (TPSA) is 30.9 Å². The summed E-state index contributed by atoms with van der Waals surface area (Å²) in [5, 5.41) is 3.46. The van der Waals surface area contributed by atoms with E-state index in [-0.39, 0.29) is 24.0 Å². The highest BCUT2D eigenvalue weighted by atomic mass is 127. The van der Waals surface area contributed by atoms with Crippen LogP contribution in [0.25, 0.3) is 0 Å². The quantitative estimate of drug-likeness (QED) is 0.331. The van der Waals surface area contributed by atoms with Gasteiger partial charge in [-0.1, -0.05) is 41.9 Å². The van der Waals surface area contributed by atoms with Crippen LogP contribution in [0, 0.1) is 5.92 Å². The average Bonchev–Trinajstić information content (AvgIpc) is 3.06. The first kappa shape index (κ1) is 22.7. The van der Waals surface area contributed by atoms with Gasteiger partial charge in [0, 0.05) is 30.7 Å². The van der Waals surface area contributed by atoms with Gasteiger partial charge in [-0.05, 0) is 50.0 Å². The van der Waals surface area contributed by atoms with Gasteiger partial charge in [0.25, 0.3) is 0 Å². The molecule has 142 valence electrons. The first-order chi connectivity index (χ1) is 11.7. The van der Waals surface area contributed by atoms with Gasteiger partial charge in [0.1, 0.15) is 0 Å². The van der Waals surface area contributed by atoms with Crippen molar-refractivity contribution in [1.29, 1.82) is 0 Å². The van der Waals surface area contributed by atoms with E-state index in [1.165, 1.54) is 18.5 Å². The van der Waals surface area contributed by atoms with Crippen LogP contribution in [0.15, 0.2) is 33.7 Å². The number of rotatable bonds is 7. The lowest BCUT2D eigenvalue weighted by molar-refractivity contribution is 0.255. The lowest BCUT2D eigenvalue weighted by atomic mass is 10.1. The van der Waals surface area contributed by atoms with E-state index in [9.17, 15) is 0 Å². The minimum Gasteiger partial charge on any atom is -0.357 e. The fourth-order valence-corrected chi connectivity index (χ4v) is 3.47. The van der Waals surface area contributed by atoms with E-state index in [0.717, 1.165) is 55.6 Å². The van der Waals surface area contributed by atoms with Crippen LogP contribution in [-0.4, -0.2) is 55.0 Å². The van der Waals surface area contributed by atoms with Crippen molar-refractivity contribution in [2.24, 2.45) is 10.9 Å². The molecular weight excluding hydrogens is 491 g/mol. The molecule has 0 bridgehead atoms. The van der Waals surface area contributed by atoms with Gasteiger partial charge in [0.2, 0.25) is 0 Å². The molecule has 1 atom stereocenters. The largest absolute Gasteiger partial charge is 0.357 e. The number of halogens is 2. The summed E-state index contributed by atoms with van der Waals surface area (Å²) in [5.41, 5.74) is 1.24. The number of aliphatic imine (C=N–C) groups is 1. The van der Waals surface area contributed by atoms with Gasteiger partial charge in [-0.15, -0.1) is 24.0 Å². The number of nitrogens with zero attached hydrogens (tertiary/aromatic N) is 3. The van der Waals surface area contributed by atoms with Crippen LogP contribution in [0.1, 0.15) is 32.8 Å². The van der Waals surface area contributed by atoms with Gasteiger partial charge < -0.3 is 15.1 Å². The fraction of sp³-hybridized carbons (Fsp3) is 0.632. The Kier molecular flexibility index (Phi) is 11.0. The lowest BCUT2D eigenvalue weighted by Crippen LogP contribution is -2.40. The number of hydrogen-bond donors (Lipinski definition) is 1. The molecule has 2 rings (SSSR count). The van der Waals surface area contributed by atoms with Crippen LogP contribution >= 0.6 is 39.9 Å². The molecule has 0 radical (unpaired) electrons. The zero-order chi connectivity index (χ0) is 17.4. The molecule has 1 saturated heterocycles. The Bertz CT molecular complexity index is 517. The zero-order valence-electron chi connectivity index (χ0n) is 15.7. The van der Waals surface area contributed by atoms with Crippen molar-refractivity contribution in [3.63, 3.8) is 0 Å². The lowest BCUT2D eigenvalue weighted by Gasteiger charge is -2.24. The number of benzene rings is 1. The summed E-state index contributed by atoms with van der Waals surface area (Å²) >= 11 is 3.48. The smallest absolute Gasteiger partial charge is 0.194 e. The molecule has 0 amide bonds. The van der Waals surface area contributed by atoms with Crippen molar-refractivity contribution in [1.82, 2.24) is 15.1 Å². The van der Waals surface area contributed by atoms with Crippen LogP contribution < -0.4 is 5.32 Å². The van der Waals surface area contributed by atoms with Gasteiger partial charge in [0.05, 0.1) is 6.54 Å². The predicted molar refractivity (Wildman–Crippen MR) is 122 cm³/mol. The predicted octanol–water partition coefficient (Wildman–Crippen LogP) is 4.20. The molecule has 1 fully saturated rings. The maximum absolute atomic E-state index is 4.85. The van der Waals surface area contributed by atoms with E-state index in [1.807, 2.05) is 0 Å². The molecule has 0 saturated carbocycles. The molecule has 6 heteroatoms. The SMILES string of the molecule is CCNC(=NCc1ccc(Br)cc1)N1CCC(CN(CC)CC)C1.I. The van der Waals surface area contributed by atoms with Crippen LogP contribution in [0.3, 0.4) is 0 Å². The molecule has 0 aliphatic carbocycles. The van der Waals surface area contributed by atoms with Gasteiger partial charge in [-0.2, -0.15) is 0 Å². The molecule has 1 heterocycles. The number of likely N-dealkylation sites (tertiary alicyclic amines) is 1. The molecule has 1 aliphatic heterocycles. The first-order valence-electron chi connectivity index (χ1n) is 9.16. The van der Waals surface area contributed by atoms with Gasteiger partial charge >= 0.3 is 0 Å². The second-order valence-electron chi connectivity index (χ2n) is 6.38. The van der Waals surface area contributed by atoms with Gasteiger partial charge in [-0.3, -0.25) is 0 Å². The standard InChI is InChI=1S/C19H31BrN4.HI/c1-4-21-19(22-13-16-7-9-18(20)10-8-16)24-12-11-17(15-24)14-23(5-2)6-3;/h7-10,17H,4-6,11-15H2,1-3H3,(H,21,22);1H. The van der Waals surface area contributed by atoms with E-state index >= 15 is 0 Å². The number of nitrogens with one attached hydrogen (secondary N) is 1. The van der Waals surface area contributed by atoms with Crippen LogP contribution in [-0.2, 0) is 6.54 Å². The summed E-state index contributed by atoms with van der Waals surface area (Å²) in [7, 11) is 0. The Labute approximate surface area is 178 Å². The summed E-state index contributed by atoms with van der Waals surface area (Å²) in [6.45, 7) is 14.0. The number of hydrogen-bond acceptors (Lipinski definition) is 2. The Morgan fingerprint density at radius 1 is 1.24 bits per heavy atom. The second kappa shape index (κ2) is 12.1. The highest BCUT2D eigenvalue weighted by molar-refractivity contribution is 14.0. The van der Waals surface area contributed by atoms with E-state index in [4.69, 9.17) is 4.99 Å². The molecule has 4 nitrogen and oxygen atoms in total. The molecular formula is C19H32BrIN4. The summed E-state index contributed by atoms with van der Waals surface area (Å²) in [6.07, 6.45) is 1.26. The Hall–Kier alpha value is -0.340. The summed E-state index contributed by atoms with van der Waals surface area (Å²) in [4.78, 5) is 9.81. The van der Waals surface area contributed by atoms with E-state index in [0.29, 0.717) is 0 Å². The zero-order valence-corrected chi connectivity index (χ0v) is 19.6. The molecule has 0 spiro atoms. The third-order valence-corrected chi connectivity index (χ3v) is 5.18. The maximum atomic E-state index is 4.85. The van der Waals surface area contributed by atoms with Crippen LogP contribution in [0.5, 0.6) is 0 Å². The van der Waals surface area contributed by atoms with Crippen molar-refractivity contribution in [3.8, 4) is 0 Å². The average molecular weight is 523 g/mol. The Morgan fingerprint density at radius 2 is 1.92 bits per heavy atom. The highest BCUT2D eigenvalue weighted by Crippen LogP contribution is 2.18. The van der Waals surface area contributed by atoms with Crippen molar-refractivity contribution < 1.29 is 0 Å². The van der Waals surface area contributed by atoms with Crippen molar-refractivity contribution >= 4 is 45.9 Å². The summed E-state index contributed by atoms with van der Waals surface area (Å²) in [5.74, 6) is 1.81. The monoisotopic (exact) mass is 522 g/mol. The second-order valence-corrected chi connectivity index (χ2v) is 7.30. The maximum Gasteiger partial charge on any atom is 0.194 e. The number of guanidine groups is 1. The van der Waals surface area contributed by atoms with Gasteiger partial charge in [-0.25, -0.2) is 4.99 Å². The third-order valence-electron chi connectivity index (χ3n) is 4.66. The third kappa shape index (κ3) is 7.43. The molecule has 1 aromatic rings. The molecule has 1 aromatic carbocycles. The molecule has 1 unspecified atom stereocenters.